The highest BCUT2D eigenvalue weighted by atomic mass is 15.5. The summed E-state index contributed by atoms with van der Waals surface area (Å²) in [6.07, 6.45) is 1.77. The third kappa shape index (κ3) is 3.02. The van der Waals surface area contributed by atoms with Crippen LogP contribution in [0.5, 0.6) is 0 Å². The van der Waals surface area contributed by atoms with Crippen molar-refractivity contribution in [2.75, 3.05) is 11.9 Å². The van der Waals surface area contributed by atoms with E-state index >= 15 is 0 Å². The van der Waals surface area contributed by atoms with E-state index in [1.807, 2.05) is 43.1 Å². The first-order chi connectivity index (χ1) is 10.2. The molecule has 0 spiro atoms. The quantitative estimate of drug-likeness (QED) is 0.782. The van der Waals surface area contributed by atoms with Crippen LogP contribution in [0.4, 0.5) is 5.95 Å². The predicted octanol–water partition coefficient (Wildman–Crippen LogP) is 1.60. The number of benzene rings is 1. The molecule has 0 radical (unpaired) electrons. The number of hydrogen-bond donors (Lipinski definition) is 1. The van der Waals surface area contributed by atoms with Crippen LogP contribution < -0.4 is 4.90 Å². The van der Waals surface area contributed by atoms with Crippen LogP contribution in [0.15, 0.2) is 36.5 Å². The van der Waals surface area contributed by atoms with Gasteiger partial charge in [0.05, 0.1) is 0 Å². The molecule has 21 heavy (non-hydrogen) atoms. The Morgan fingerprint density at radius 3 is 2.90 bits per heavy atom. The van der Waals surface area contributed by atoms with Crippen LogP contribution in [0.3, 0.4) is 0 Å². The van der Waals surface area contributed by atoms with Gasteiger partial charge in [-0.15, -0.1) is 10.2 Å². The Labute approximate surface area is 122 Å². The fraction of sp³-hybridized carbons (Fsp3) is 0.214. The first-order valence-electron chi connectivity index (χ1n) is 6.56. The predicted molar refractivity (Wildman–Crippen MR) is 78.5 cm³/mol. The van der Waals surface area contributed by atoms with Crippen LogP contribution in [-0.4, -0.2) is 37.6 Å². The number of hydrogen-bond acceptors (Lipinski definition) is 6. The van der Waals surface area contributed by atoms with Crippen LogP contribution in [0.1, 0.15) is 11.3 Å². The summed E-state index contributed by atoms with van der Waals surface area (Å²) in [6, 6.07) is 9.91. The van der Waals surface area contributed by atoms with Crippen molar-refractivity contribution in [2.24, 2.45) is 0 Å². The monoisotopic (exact) mass is 281 g/mol. The first-order valence-corrected chi connectivity index (χ1v) is 6.56. The highest BCUT2D eigenvalue weighted by Crippen LogP contribution is 2.17. The normalized spacial score (nSPS) is 10.6. The standard InChI is InChI=1S/C14H15N7/c1-10-6-7-15-14(16-10)21(2)9-11-4-3-5-12(8-11)13-17-19-20-18-13/h3-8H,9H2,1-2H3,(H,17,18,19,20). The second kappa shape index (κ2) is 5.66. The highest BCUT2D eigenvalue weighted by molar-refractivity contribution is 5.55. The lowest BCUT2D eigenvalue weighted by Crippen LogP contribution is -2.19. The first kappa shape index (κ1) is 13.2. The molecule has 0 aliphatic rings. The second-order valence-electron chi connectivity index (χ2n) is 4.79. The Balaban J connectivity index is 1.80. The fourth-order valence-corrected chi connectivity index (χ4v) is 2.06. The van der Waals surface area contributed by atoms with Gasteiger partial charge >= 0.3 is 0 Å². The van der Waals surface area contributed by atoms with E-state index in [0.29, 0.717) is 18.3 Å². The van der Waals surface area contributed by atoms with Gasteiger partial charge in [0.15, 0.2) is 0 Å². The molecule has 2 aromatic heterocycles. The van der Waals surface area contributed by atoms with E-state index in [0.717, 1.165) is 16.8 Å². The summed E-state index contributed by atoms with van der Waals surface area (Å²) in [5.41, 5.74) is 3.01. The Hall–Kier alpha value is -2.83. The molecule has 106 valence electrons. The van der Waals surface area contributed by atoms with E-state index in [1.165, 1.54) is 0 Å². The highest BCUT2D eigenvalue weighted by Gasteiger charge is 2.08. The van der Waals surface area contributed by atoms with Crippen molar-refractivity contribution in [3.8, 4) is 11.4 Å². The van der Waals surface area contributed by atoms with E-state index in [-0.39, 0.29) is 0 Å². The third-order valence-electron chi connectivity index (χ3n) is 3.07. The molecule has 3 aromatic rings. The van der Waals surface area contributed by atoms with Crippen molar-refractivity contribution in [3.05, 3.63) is 47.8 Å². The number of rotatable bonds is 4. The summed E-state index contributed by atoms with van der Waals surface area (Å²) in [6.45, 7) is 2.66. The molecular weight excluding hydrogens is 266 g/mol. The molecule has 0 atom stereocenters. The van der Waals surface area contributed by atoms with Gasteiger partial charge in [0.25, 0.3) is 0 Å². The molecule has 0 saturated heterocycles. The summed E-state index contributed by atoms with van der Waals surface area (Å²) in [5.74, 6) is 1.30. The molecule has 1 N–H and O–H groups in total. The van der Waals surface area contributed by atoms with Gasteiger partial charge in [-0.05, 0) is 29.8 Å². The maximum absolute atomic E-state index is 4.42. The average molecular weight is 281 g/mol. The zero-order valence-electron chi connectivity index (χ0n) is 11.9. The zero-order valence-corrected chi connectivity index (χ0v) is 11.9. The minimum absolute atomic E-state index is 0.589. The minimum atomic E-state index is 0.589. The number of anilines is 1. The number of nitrogens with one attached hydrogen (secondary N) is 1. The SMILES string of the molecule is Cc1ccnc(N(C)Cc2cccc(-c3nn[nH]n3)c2)n1. The van der Waals surface area contributed by atoms with E-state index in [2.05, 4.69) is 36.7 Å². The molecule has 0 saturated carbocycles. The molecule has 0 aliphatic heterocycles. The van der Waals surface area contributed by atoms with Gasteiger partial charge in [-0.2, -0.15) is 5.21 Å². The van der Waals surface area contributed by atoms with Gasteiger partial charge in [0.1, 0.15) is 0 Å². The van der Waals surface area contributed by atoms with E-state index in [9.17, 15) is 0 Å². The van der Waals surface area contributed by atoms with E-state index in [4.69, 9.17) is 0 Å². The molecule has 0 fully saturated rings. The van der Waals surface area contributed by atoms with E-state index < -0.39 is 0 Å². The summed E-state index contributed by atoms with van der Waals surface area (Å²) >= 11 is 0. The van der Waals surface area contributed by atoms with Crippen molar-refractivity contribution < 1.29 is 0 Å². The van der Waals surface area contributed by atoms with Crippen molar-refractivity contribution in [1.82, 2.24) is 30.6 Å². The Bertz CT molecular complexity index is 724. The number of H-pyrrole nitrogens is 1. The van der Waals surface area contributed by atoms with Crippen molar-refractivity contribution in [1.29, 1.82) is 0 Å². The average Bonchev–Trinajstić information content (AvgIpc) is 3.02. The lowest BCUT2D eigenvalue weighted by atomic mass is 10.1. The summed E-state index contributed by atoms with van der Waals surface area (Å²) in [4.78, 5) is 10.7. The van der Waals surface area contributed by atoms with Crippen LogP contribution in [0.2, 0.25) is 0 Å². The number of nitrogens with zero attached hydrogens (tertiary/aromatic N) is 6. The molecule has 7 heteroatoms. The molecule has 0 amide bonds. The Morgan fingerprint density at radius 1 is 1.24 bits per heavy atom. The Morgan fingerprint density at radius 2 is 2.14 bits per heavy atom. The smallest absolute Gasteiger partial charge is 0.225 e. The number of tetrazole rings is 1. The summed E-state index contributed by atoms with van der Waals surface area (Å²) in [5, 5.41) is 14.0. The number of aromatic amines is 1. The van der Waals surface area contributed by atoms with Crippen molar-refractivity contribution >= 4 is 5.95 Å². The van der Waals surface area contributed by atoms with Gasteiger partial charge in [0, 0.05) is 31.0 Å². The zero-order chi connectivity index (χ0) is 14.7. The maximum atomic E-state index is 4.42. The fourth-order valence-electron chi connectivity index (χ4n) is 2.06. The topological polar surface area (TPSA) is 83.5 Å². The van der Waals surface area contributed by atoms with Gasteiger partial charge in [-0.25, -0.2) is 9.97 Å². The summed E-state index contributed by atoms with van der Waals surface area (Å²) < 4.78 is 0. The second-order valence-corrected chi connectivity index (χ2v) is 4.79. The van der Waals surface area contributed by atoms with Gasteiger partial charge in [0.2, 0.25) is 11.8 Å². The largest absolute Gasteiger partial charge is 0.340 e. The Kier molecular flexibility index (Phi) is 3.55. The molecule has 3 rings (SSSR count). The minimum Gasteiger partial charge on any atom is -0.340 e. The molecule has 0 unspecified atom stereocenters. The van der Waals surface area contributed by atoms with Crippen LogP contribution in [0, 0.1) is 6.92 Å². The third-order valence-corrected chi connectivity index (χ3v) is 3.07. The van der Waals surface area contributed by atoms with Crippen molar-refractivity contribution in [2.45, 2.75) is 13.5 Å². The van der Waals surface area contributed by atoms with Gasteiger partial charge in [-0.3, -0.25) is 0 Å². The van der Waals surface area contributed by atoms with E-state index in [1.54, 1.807) is 6.20 Å². The molecule has 0 bridgehead atoms. The molecule has 7 nitrogen and oxygen atoms in total. The molecule has 0 aliphatic carbocycles. The van der Waals surface area contributed by atoms with Crippen molar-refractivity contribution in [3.63, 3.8) is 0 Å². The van der Waals surface area contributed by atoms with Gasteiger partial charge < -0.3 is 4.90 Å². The van der Waals surface area contributed by atoms with Crippen LogP contribution in [-0.2, 0) is 6.54 Å². The lowest BCUT2D eigenvalue weighted by Gasteiger charge is -2.17. The van der Waals surface area contributed by atoms with Gasteiger partial charge in [-0.1, -0.05) is 18.2 Å². The van der Waals surface area contributed by atoms with Crippen LogP contribution in [0.25, 0.3) is 11.4 Å². The lowest BCUT2D eigenvalue weighted by molar-refractivity contribution is 0.859. The molecule has 2 heterocycles. The number of aryl methyl sites for hydroxylation is 1. The maximum Gasteiger partial charge on any atom is 0.225 e. The molecule has 1 aromatic carbocycles. The summed E-state index contributed by atoms with van der Waals surface area (Å²) in [7, 11) is 1.97. The number of aromatic nitrogens is 6. The van der Waals surface area contributed by atoms with Crippen LogP contribution >= 0.6 is 0 Å². The molecular formula is C14H15N7.